The second-order valence-electron chi connectivity index (χ2n) is 9.53. The lowest BCUT2D eigenvalue weighted by Gasteiger charge is -2.30. The molecular formula is C28H39FN2O2. The summed E-state index contributed by atoms with van der Waals surface area (Å²) < 4.78 is 25.0. The normalized spacial score (nSPS) is 28.2. The number of halogens is 1. The van der Waals surface area contributed by atoms with E-state index in [4.69, 9.17) is 9.47 Å². The zero-order valence-corrected chi connectivity index (χ0v) is 19.0. The van der Waals surface area contributed by atoms with E-state index in [-0.39, 0.29) is 25.5 Å². The van der Waals surface area contributed by atoms with Crippen LogP contribution in [0.2, 0.25) is 0 Å². The van der Waals surface area contributed by atoms with Gasteiger partial charge >= 0.3 is 0 Å². The summed E-state index contributed by atoms with van der Waals surface area (Å²) in [5.41, 5.74) is 6.55. The van der Waals surface area contributed by atoms with Gasteiger partial charge in [0, 0.05) is 12.1 Å². The maximum atomic E-state index is 13.1. The van der Waals surface area contributed by atoms with Crippen molar-refractivity contribution in [1.29, 1.82) is 0 Å². The van der Waals surface area contributed by atoms with E-state index in [0.717, 1.165) is 44.5 Å². The van der Waals surface area contributed by atoms with Crippen LogP contribution in [0.25, 0.3) is 0 Å². The minimum absolute atomic E-state index is 0. The van der Waals surface area contributed by atoms with Gasteiger partial charge in [-0.25, -0.2) is 4.39 Å². The Morgan fingerprint density at radius 1 is 0.788 bits per heavy atom. The van der Waals surface area contributed by atoms with E-state index in [2.05, 4.69) is 35.8 Å². The molecule has 0 aliphatic carbocycles. The topological polar surface area (TPSA) is 42.5 Å². The SMILES string of the molecule is C.Cc1ccc2c(c1)CCO[C@H]2[C@@H]1CCCN1.Fc1ccc2c(c1)CCO[C@@H]2[C@@H]1CCCN1. The Kier molecular flexibility index (Phi) is 8.18. The van der Waals surface area contributed by atoms with Gasteiger partial charge in [0.05, 0.1) is 25.4 Å². The molecule has 2 fully saturated rings. The second kappa shape index (κ2) is 11.1. The number of aryl methyl sites for hydroxylation is 1. The summed E-state index contributed by atoms with van der Waals surface area (Å²) in [7, 11) is 0. The van der Waals surface area contributed by atoms with E-state index >= 15 is 0 Å². The Bertz CT molecular complexity index is 847. The molecule has 0 saturated carbocycles. The zero-order chi connectivity index (χ0) is 21.9. The fourth-order valence-electron chi connectivity index (χ4n) is 5.67. The number of nitrogens with one attached hydrogen (secondary N) is 2. The van der Waals surface area contributed by atoms with E-state index in [1.165, 1.54) is 47.6 Å². The summed E-state index contributed by atoms with van der Waals surface area (Å²) >= 11 is 0. The first-order valence-corrected chi connectivity index (χ1v) is 12.3. The van der Waals surface area contributed by atoms with Gasteiger partial charge in [0.25, 0.3) is 0 Å². The summed E-state index contributed by atoms with van der Waals surface area (Å²) in [4.78, 5) is 0. The van der Waals surface area contributed by atoms with Crippen LogP contribution in [-0.4, -0.2) is 38.4 Å². The first-order valence-electron chi connectivity index (χ1n) is 12.3. The maximum Gasteiger partial charge on any atom is 0.123 e. The quantitative estimate of drug-likeness (QED) is 0.656. The van der Waals surface area contributed by atoms with Gasteiger partial charge in [-0.2, -0.15) is 0 Å². The molecule has 0 aromatic heterocycles. The average Bonchev–Trinajstić information content (AvgIpc) is 3.53. The lowest BCUT2D eigenvalue weighted by atomic mass is 9.91. The number of ether oxygens (including phenoxy) is 2. The first kappa shape index (κ1) is 24.3. The molecule has 0 amide bonds. The van der Waals surface area contributed by atoms with E-state index in [0.29, 0.717) is 18.7 Å². The minimum atomic E-state index is -0.140. The predicted octanol–water partition coefficient (Wildman–Crippen LogP) is 5.19. The third kappa shape index (κ3) is 5.48. The Labute approximate surface area is 198 Å². The van der Waals surface area contributed by atoms with E-state index in [1.54, 1.807) is 6.07 Å². The van der Waals surface area contributed by atoms with E-state index in [1.807, 2.05) is 6.07 Å². The first-order chi connectivity index (χ1) is 15.7. The van der Waals surface area contributed by atoms with Crippen LogP contribution < -0.4 is 10.6 Å². The smallest absolute Gasteiger partial charge is 0.123 e. The largest absolute Gasteiger partial charge is 0.372 e. The molecule has 2 saturated heterocycles. The molecule has 2 N–H and O–H groups in total. The van der Waals surface area contributed by atoms with Crippen molar-refractivity contribution < 1.29 is 13.9 Å². The molecule has 33 heavy (non-hydrogen) atoms. The summed E-state index contributed by atoms with van der Waals surface area (Å²) in [6.45, 7) is 5.96. The van der Waals surface area contributed by atoms with Crippen LogP contribution in [0.3, 0.4) is 0 Å². The minimum Gasteiger partial charge on any atom is -0.372 e. The summed E-state index contributed by atoms with van der Waals surface area (Å²) in [5.74, 6) is -0.140. The van der Waals surface area contributed by atoms with Crippen molar-refractivity contribution in [1.82, 2.24) is 10.6 Å². The highest BCUT2D eigenvalue weighted by atomic mass is 19.1. The molecule has 5 heteroatoms. The fourth-order valence-corrected chi connectivity index (χ4v) is 5.67. The van der Waals surface area contributed by atoms with Crippen LogP contribution >= 0.6 is 0 Å². The van der Waals surface area contributed by atoms with Crippen molar-refractivity contribution in [3.05, 3.63) is 70.0 Å². The van der Waals surface area contributed by atoms with Gasteiger partial charge in [0.1, 0.15) is 5.82 Å². The molecule has 2 aromatic rings. The molecule has 0 radical (unpaired) electrons. The Morgan fingerprint density at radius 2 is 1.33 bits per heavy atom. The molecular weight excluding hydrogens is 415 g/mol. The molecule has 6 rings (SSSR count). The molecule has 4 nitrogen and oxygen atoms in total. The molecule has 4 atom stereocenters. The highest BCUT2D eigenvalue weighted by molar-refractivity contribution is 5.36. The molecule has 4 aliphatic heterocycles. The summed E-state index contributed by atoms with van der Waals surface area (Å²) in [6.07, 6.45) is 7.20. The zero-order valence-electron chi connectivity index (χ0n) is 19.0. The maximum absolute atomic E-state index is 13.1. The molecule has 2 aromatic carbocycles. The lowest BCUT2D eigenvalue weighted by Crippen LogP contribution is -2.33. The molecule has 0 spiro atoms. The van der Waals surface area contributed by atoms with Crippen molar-refractivity contribution in [3.63, 3.8) is 0 Å². The van der Waals surface area contributed by atoms with Gasteiger partial charge in [0.15, 0.2) is 0 Å². The molecule has 4 heterocycles. The van der Waals surface area contributed by atoms with Crippen molar-refractivity contribution >= 4 is 0 Å². The lowest BCUT2D eigenvalue weighted by molar-refractivity contribution is 0.0198. The van der Waals surface area contributed by atoms with E-state index < -0.39 is 0 Å². The van der Waals surface area contributed by atoms with E-state index in [9.17, 15) is 4.39 Å². The highest BCUT2D eigenvalue weighted by Gasteiger charge is 2.31. The second-order valence-corrected chi connectivity index (χ2v) is 9.53. The Balaban J connectivity index is 0.000000152. The average molecular weight is 455 g/mol. The van der Waals surface area contributed by atoms with Gasteiger partial charge in [-0.05, 0) is 92.9 Å². The van der Waals surface area contributed by atoms with Crippen LogP contribution in [-0.2, 0) is 22.3 Å². The van der Waals surface area contributed by atoms with Crippen molar-refractivity contribution in [3.8, 4) is 0 Å². The third-order valence-electron chi connectivity index (χ3n) is 7.28. The van der Waals surface area contributed by atoms with Crippen molar-refractivity contribution in [2.24, 2.45) is 0 Å². The number of hydrogen-bond acceptors (Lipinski definition) is 4. The Morgan fingerprint density at radius 3 is 1.88 bits per heavy atom. The number of fused-ring (bicyclic) bond motifs is 2. The standard InChI is InChI=1S/C14H19NO.C13H16FNO.CH4/c1-10-4-5-12-11(9-10)6-8-16-14(12)13-3-2-7-15-13;14-10-3-4-11-9(8-10)5-7-16-13(11)12-2-1-6-15-12;/h4-5,9,13-15H,2-3,6-8H2,1H3;3-4,8,12-13,15H,1-2,5-7H2;1H4/t13-,14+;12-,13-;/m00./s1. The monoisotopic (exact) mass is 454 g/mol. The predicted molar refractivity (Wildman–Crippen MR) is 131 cm³/mol. The van der Waals surface area contributed by atoms with Gasteiger partial charge in [0.2, 0.25) is 0 Å². The van der Waals surface area contributed by atoms with Crippen LogP contribution in [0.4, 0.5) is 4.39 Å². The van der Waals surface area contributed by atoms with Gasteiger partial charge in [-0.15, -0.1) is 0 Å². The number of hydrogen-bond donors (Lipinski definition) is 2. The van der Waals surface area contributed by atoms with Crippen LogP contribution in [0.5, 0.6) is 0 Å². The summed E-state index contributed by atoms with van der Waals surface area (Å²) in [5, 5.41) is 7.02. The van der Waals surface area contributed by atoms with Gasteiger partial charge < -0.3 is 20.1 Å². The highest BCUT2D eigenvalue weighted by Crippen LogP contribution is 2.34. The van der Waals surface area contributed by atoms with Crippen LogP contribution in [0, 0.1) is 12.7 Å². The van der Waals surface area contributed by atoms with Crippen molar-refractivity contribution in [2.45, 2.75) is 77.2 Å². The van der Waals surface area contributed by atoms with Crippen LogP contribution in [0.15, 0.2) is 36.4 Å². The summed E-state index contributed by atoms with van der Waals surface area (Å²) in [6, 6.07) is 12.8. The number of rotatable bonds is 2. The van der Waals surface area contributed by atoms with Gasteiger partial charge in [-0.3, -0.25) is 0 Å². The van der Waals surface area contributed by atoms with Crippen molar-refractivity contribution in [2.75, 3.05) is 26.3 Å². The number of benzene rings is 2. The Hall–Kier alpha value is -1.79. The third-order valence-corrected chi connectivity index (χ3v) is 7.28. The van der Waals surface area contributed by atoms with Crippen LogP contribution in [0.1, 0.15) is 73.1 Å². The fraction of sp³-hybridized carbons (Fsp3) is 0.571. The molecule has 180 valence electrons. The molecule has 0 bridgehead atoms. The molecule has 4 aliphatic rings. The molecule has 0 unspecified atom stereocenters. The van der Waals surface area contributed by atoms with Gasteiger partial charge in [-0.1, -0.05) is 37.3 Å².